The monoisotopic (exact) mass is 272 g/mol. The topological polar surface area (TPSA) is 15.3 Å². The molecule has 20 heavy (non-hydrogen) atoms. The van der Waals surface area contributed by atoms with Crippen molar-refractivity contribution in [3.63, 3.8) is 0 Å². The molecule has 0 spiro atoms. The standard InChI is InChI=1S/C18H28N2/c1-14(2)8-10-20(18-5-6-18)13-15-3-4-16-7-9-19-12-17(16)11-15/h3-4,11,14,18-19H,5-10,12-13H2,1-2H3. The lowest BCUT2D eigenvalue weighted by molar-refractivity contribution is 0.239. The maximum Gasteiger partial charge on any atom is 0.0236 e. The number of nitrogens with one attached hydrogen (secondary N) is 1. The van der Waals surface area contributed by atoms with Crippen LogP contribution < -0.4 is 5.32 Å². The van der Waals surface area contributed by atoms with Crippen LogP contribution in [0.3, 0.4) is 0 Å². The second-order valence-electron chi connectivity index (χ2n) is 6.91. The number of nitrogens with zero attached hydrogens (tertiary/aromatic N) is 1. The van der Waals surface area contributed by atoms with E-state index in [1.807, 2.05) is 0 Å². The highest BCUT2D eigenvalue weighted by atomic mass is 15.2. The van der Waals surface area contributed by atoms with Gasteiger partial charge in [-0.2, -0.15) is 0 Å². The third-order valence-electron chi connectivity index (χ3n) is 4.60. The van der Waals surface area contributed by atoms with Gasteiger partial charge >= 0.3 is 0 Å². The largest absolute Gasteiger partial charge is 0.312 e. The Hall–Kier alpha value is -0.860. The van der Waals surface area contributed by atoms with Crippen molar-refractivity contribution >= 4 is 0 Å². The van der Waals surface area contributed by atoms with Gasteiger partial charge in [0.2, 0.25) is 0 Å². The Balaban J connectivity index is 1.65. The summed E-state index contributed by atoms with van der Waals surface area (Å²) in [6.07, 6.45) is 5.33. The summed E-state index contributed by atoms with van der Waals surface area (Å²) < 4.78 is 0. The van der Waals surface area contributed by atoms with Gasteiger partial charge in [-0.15, -0.1) is 0 Å². The van der Waals surface area contributed by atoms with Crippen molar-refractivity contribution in [2.45, 2.75) is 58.7 Å². The van der Waals surface area contributed by atoms with Gasteiger partial charge in [-0.05, 0) is 61.4 Å². The minimum atomic E-state index is 0.809. The first kappa shape index (κ1) is 14.1. The molecule has 0 unspecified atom stereocenters. The zero-order valence-electron chi connectivity index (χ0n) is 13.0. The molecule has 0 bridgehead atoms. The van der Waals surface area contributed by atoms with Crippen LogP contribution in [0.1, 0.15) is 49.8 Å². The van der Waals surface area contributed by atoms with Crippen LogP contribution in [0.2, 0.25) is 0 Å². The van der Waals surface area contributed by atoms with E-state index in [4.69, 9.17) is 0 Å². The fourth-order valence-electron chi connectivity index (χ4n) is 3.12. The fraction of sp³-hybridized carbons (Fsp3) is 0.667. The molecule has 1 fully saturated rings. The van der Waals surface area contributed by atoms with Crippen LogP contribution in [0.5, 0.6) is 0 Å². The van der Waals surface area contributed by atoms with Crippen LogP contribution in [-0.2, 0) is 19.5 Å². The molecular formula is C18H28N2. The number of hydrogen-bond acceptors (Lipinski definition) is 2. The average Bonchev–Trinajstić information content (AvgIpc) is 3.27. The molecule has 2 aliphatic rings. The van der Waals surface area contributed by atoms with Crippen LogP contribution in [0, 0.1) is 5.92 Å². The molecule has 0 saturated heterocycles. The highest BCUT2D eigenvalue weighted by Gasteiger charge is 2.28. The second kappa shape index (κ2) is 6.28. The summed E-state index contributed by atoms with van der Waals surface area (Å²) in [4.78, 5) is 2.71. The lowest BCUT2D eigenvalue weighted by Crippen LogP contribution is -2.28. The van der Waals surface area contributed by atoms with Crippen molar-refractivity contribution in [2.75, 3.05) is 13.1 Å². The number of fused-ring (bicyclic) bond motifs is 1. The predicted octanol–water partition coefficient (Wildman–Crippen LogP) is 3.34. The van der Waals surface area contributed by atoms with E-state index in [-0.39, 0.29) is 0 Å². The third-order valence-corrected chi connectivity index (χ3v) is 4.60. The molecule has 110 valence electrons. The van der Waals surface area contributed by atoms with Gasteiger partial charge in [0.25, 0.3) is 0 Å². The van der Waals surface area contributed by atoms with Crippen LogP contribution in [0.15, 0.2) is 18.2 Å². The minimum Gasteiger partial charge on any atom is -0.312 e. The molecule has 1 heterocycles. The summed E-state index contributed by atoms with van der Waals surface area (Å²) in [5.74, 6) is 0.809. The number of rotatable bonds is 6. The van der Waals surface area contributed by atoms with Crippen molar-refractivity contribution in [2.24, 2.45) is 5.92 Å². The molecule has 1 aliphatic carbocycles. The first-order valence-corrected chi connectivity index (χ1v) is 8.28. The molecule has 0 atom stereocenters. The molecule has 0 radical (unpaired) electrons. The van der Waals surface area contributed by atoms with Crippen molar-refractivity contribution in [3.8, 4) is 0 Å². The Morgan fingerprint density at radius 1 is 1.25 bits per heavy atom. The Labute approximate surface area is 123 Å². The quantitative estimate of drug-likeness (QED) is 0.854. The van der Waals surface area contributed by atoms with E-state index in [2.05, 4.69) is 42.3 Å². The van der Waals surface area contributed by atoms with Gasteiger partial charge in [-0.3, -0.25) is 4.90 Å². The van der Waals surface area contributed by atoms with E-state index in [0.717, 1.165) is 31.6 Å². The summed E-state index contributed by atoms with van der Waals surface area (Å²) in [5.41, 5.74) is 4.57. The maximum atomic E-state index is 3.48. The highest BCUT2D eigenvalue weighted by molar-refractivity contribution is 5.33. The SMILES string of the molecule is CC(C)CCN(Cc1ccc2c(c1)CNCC2)C1CC1. The van der Waals surface area contributed by atoms with Gasteiger partial charge in [-0.25, -0.2) is 0 Å². The van der Waals surface area contributed by atoms with Gasteiger partial charge in [0.1, 0.15) is 0 Å². The third kappa shape index (κ3) is 3.62. The molecule has 0 aromatic heterocycles. The average molecular weight is 272 g/mol. The Morgan fingerprint density at radius 3 is 2.85 bits per heavy atom. The van der Waals surface area contributed by atoms with Gasteiger partial charge in [0.05, 0.1) is 0 Å². The molecule has 0 amide bonds. The molecular weight excluding hydrogens is 244 g/mol. The second-order valence-corrected chi connectivity index (χ2v) is 6.91. The van der Waals surface area contributed by atoms with Crippen molar-refractivity contribution in [1.82, 2.24) is 10.2 Å². The van der Waals surface area contributed by atoms with Crippen molar-refractivity contribution < 1.29 is 0 Å². The van der Waals surface area contributed by atoms with E-state index in [9.17, 15) is 0 Å². The predicted molar refractivity (Wildman–Crippen MR) is 84.7 cm³/mol. The van der Waals surface area contributed by atoms with Gasteiger partial charge in [-0.1, -0.05) is 32.0 Å². The molecule has 3 rings (SSSR count). The normalized spacial score (nSPS) is 18.6. The van der Waals surface area contributed by atoms with Gasteiger partial charge < -0.3 is 5.32 Å². The van der Waals surface area contributed by atoms with E-state index >= 15 is 0 Å². The summed E-state index contributed by atoms with van der Waals surface area (Å²) >= 11 is 0. The summed E-state index contributed by atoms with van der Waals surface area (Å²) in [7, 11) is 0. The van der Waals surface area contributed by atoms with Crippen LogP contribution in [0.4, 0.5) is 0 Å². The summed E-state index contributed by atoms with van der Waals surface area (Å²) in [5, 5.41) is 3.48. The maximum absolute atomic E-state index is 3.48. The molecule has 1 aromatic carbocycles. The Bertz CT molecular complexity index is 449. The lowest BCUT2D eigenvalue weighted by atomic mass is 9.98. The van der Waals surface area contributed by atoms with Crippen LogP contribution in [0.25, 0.3) is 0 Å². The van der Waals surface area contributed by atoms with Crippen molar-refractivity contribution in [1.29, 1.82) is 0 Å². The first-order chi connectivity index (χ1) is 9.72. The highest BCUT2D eigenvalue weighted by Crippen LogP contribution is 2.29. The smallest absolute Gasteiger partial charge is 0.0236 e. The molecule has 1 aliphatic heterocycles. The molecule has 2 nitrogen and oxygen atoms in total. The zero-order valence-corrected chi connectivity index (χ0v) is 13.0. The summed E-state index contributed by atoms with van der Waals surface area (Å²) in [6, 6.07) is 8.02. The first-order valence-electron chi connectivity index (χ1n) is 8.28. The molecule has 1 saturated carbocycles. The Morgan fingerprint density at radius 2 is 2.10 bits per heavy atom. The van der Waals surface area contributed by atoms with Crippen LogP contribution >= 0.6 is 0 Å². The number of benzene rings is 1. The van der Waals surface area contributed by atoms with E-state index in [1.165, 1.54) is 43.4 Å². The van der Waals surface area contributed by atoms with Crippen molar-refractivity contribution in [3.05, 3.63) is 34.9 Å². The molecule has 2 heteroatoms. The summed E-state index contributed by atoms with van der Waals surface area (Å²) in [6.45, 7) is 9.25. The van der Waals surface area contributed by atoms with Gasteiger partial charge in [0.15, 0.2) is 0 Å². The van der Waals surface area contributed by atoms with E-state index in [0.29, 0.717) is 0 Å². The molecule has 1 N–H and O–H groups in total. The lowest BCUT2D eigenvalue weighted by Gasteiger charge is -2.24. The van der Waals surface area contributed by atoms with E-state index in [1.54, 1.807) is 5.56 Å². The molecule has 1 aromatic rings. The van der Waals surface area contributed by atoms with E-state index < -0.39 is 0 Å². The van der Waals surface area contributed by atoms with Gasteiger partial charge in [0, 0.05) is 19.1 Å². The van der Waals surface area contributed by atoms with Crippen LogP contribution in [-0.4, -0.2) is 24.0 Å². The minimum absolute atomic E-state index is 0.809. The Kier molecular flexibility index (Phi) is 4.42. The zero-order chi connectivity index (χ0) is 13.9. The number of hydrogen-bond donors (Lipinski definition) is 1. The fourth-order valence-corrected chi connectivity index (χ4v) is 3.12.